The summed E-state index contributed by atoms with van der Waals surface area (Å²) in [6.07, 6.45) is 11.7. The molecule has 2 aliphatic carbocycles. The van der Waals surface area contributed by atoms with Crippen molar-refractivity contribution in [2.24, 2.45) is 5.92 Å². The molecule has 34 heavy (non-hydrogen) atoms. The molecule has 0 radical (unpaired) electrons. The van der Waals surface area contributed by atoms with Crippen LogP contribution in [0.4, 0.5) is 4.39 Å². The number of carbonyl (C=O) groups is 2. The maximum atomic E-state index is 13.6. The van der Waals surface area contributed by atoms with Crippen molar-refractivity contribution in [1.82, 2.24) is 14.4 Å². The van der Waals surface area contributed by atoms with Crippen LogP contribution in [0.1, 0.15) is 76.0 Å². The lowest BCUT2D eigenvalue weighted by Gasteiger charge is -2.36. The second-order valence-corrected chi connectivity index (χ2v) is 9.90. The average Bonchev–Trinajstić information content (AvgIpc) is 3.55. The van der Waals surface area contributed by atoms with Gasteiger partial charge in [0.25, 0.3) is 0 Å². The van der Waals surface area contributed by atoms with Gasteiger partial charge in [0.15, 0.2) is 0 Å². The zero-order valence-corrected chi connectivity index (χ0v) is 20.4. The van der Waals surface area contributed by atoms with Gasteiger partial charge in [-0.15, -0.1) is 0 Å². The normalized spacial score (nSPS) is 17.1. The highest BCUT2D eigenvalue weighted by molar-refractivity contribution is 5.86. The lowest BCUT2D eigenvalue weighted by atomic mass is 9.94. The molecule has 1 aromatic heterocycles. The van der Waals surface area contributed by atoms with E-state index in [-0.39, 0.29) is 36.1 Å². The van der Waals surface area contributed by atoms with Gasteiger partial charge in [-0.05, 0) is 62.4 Å². The average molecular weight is 468 g/mol. The van der Waals surface area contributed by atoms with Crippen LogP contribution < -0.4 is 0 Å². The second kappa shape index (κ2) is 11.7. The Balaban J connectivity index is 1.49. The van der Waals surface area contributed by atoms with Gasteiger partial charge in [-0.3, -0.25) is 9.59 Å². The molecule has 1 heterocycles. The summed E-state index contributed by atoms with van der Waals surface area (Å²) < 4.78 is 15.5. The molecule has 184 valence electrons. The number of hydrogen-bond donors (Lipinski definition) is 0. The molecule has 0 N–H and O–H groups in total. The van der Waals surface area contributed by atoms with Crippen molar-refractivity contribution >= 4 is 11.8 Å². The first-order valence-electron chi connectivity index (χ1n) is 13.0. The Labute approximate surface area is 202 Å². The van der Waals surface area contributed by atoms with Crippen LogP contribution in [-0.4, -0.2) is 45.3 Å². The lowest BCUT2D eigenvalue weighted by molar-refractivity contribution is -0.144. The molecule has 0 atom stereocenters. The predicted octanol–water partition coefficient (Wildman–Crippen LogP) is 5.38. The van der Waals surface area contributed by atoms with E-state index in [1.54, 1.807) is 17.0 Å². The molecule has 6 heteroatoms. The largest absolute Gasteiger partial charge is 0.345 e. The number of carbonyl (C=O) groups excluding carboxylic acids is 2. The summed E-state index contributed by atoms with van der Waals surface area (Å²) in [4.78, 5) is 30.5. The van der Waals surface area contributed by atoms with Crippen LogP contribution in [0, 0.1) is 11.7 Å². The molecule has 2 amide bonds. The van der Waals surface area contributed by atoms with Gasteiger partial charge in [0.05, 0.1) is 13.1 Å². The molecule has 4 rings (SSSR count). The van der Waals surface area contributed by atoms with E-state index >= 15 is 0 Å². The maximum Gasteiger partial charge on any atom is 0.242 e. The van der Waals surface area contributed by atoms with E-state index in [1.807, 2.05) is 24.1 Å². The molecule has 0 bridgehead atoms. The summed E-state index contributed by atoms with van der Waals surface area (Å²) >= 11 is 0. The fourth-order valence-corrected chi connectivity index (χ4v) is 5.55. The summed E-state index contributed by atoms with van der Waals surface area (Å²) in [6.45, 7) is 3.88. The number of aromatic nitrogens is 1. The number of amides is 2. The molecule has 1 aromatic carbocycles. The van der Waals surface area contributed by atoms with Crippen LogP contribution in [0.15, 0.2) is 42.6 Å². The van der Waals surface area contributed by atoms with E-state index in [0.717, 1.165) is 62.6 Å². The zero-order valence-electron chi connectivity index (χ0n) is 20.4. The van der Waals surface area contributed by atoms with Crippen LogP contribution >= 0.6 is 0 Å². The van der Waals surface area contributed by atoms with Gasteiger partial charge in [0.2, 0.25) is 11.8 Å². The van der Waals surface area contributed by atoms with Gasteiger partial charge in [0.1, 0.15) is 5.82 Å². The zero-order chi connectivity index (χ0) is 23.9. The van der Waals surface area contributed by atoms with Crippen LogP contribution in [0.2, 0.25) is 0 Å². The fraction of sp³-hybridized carbons (Fsp3) is 0.571. The summed E-state index contributed by atoms with van der Waals surface area (Å²) in [7, 11) is 0. The molecular formula is C28H38FN3O2. The molecule has 2 aliphatic rings. The maximum absolute atomic E-state index is 13.6. The summed E-state index contributed by atoms with van der Waals surface area (Å²) in [5.41, 5.74) is 2.09. The number of hydrogen-bond acceptors (Lipinski definition) is 2. The Hall–Kier alpha value is -2.63. The van der Waals surface area contributed by atoms with Crippen molar-refractivity contribution in [1.29, 1.82) is 0 Å². The Bertz CT molecular complexity index is 943. The molecular weight excluding hydrogens is 429 g/mol. The molecule has 2 saturated carbocycles. The molecule has 0 saturated heterocycles. The third-order valence-corrected chi connectivity index (χ3v) is 7.58. The van der Waals surface area contributed by atoms with Gasteiger partial charge in [-0.2, -0.15) is 0 Å². The Morgan fingerprint density at radius 1 is 0.971 bits per heavy atom. The first-order valence-corrected chi connectivity index (χ1v) is 13.0. The van der Waals surface area contributed by atoms with Crippen molar-refractivity contribution < 1.29 is 14.0 Å². The minimum absolute atomic E-state index is 0.0506. The molecule has 0 aliphatic heterocycles. The third kappa shape index (κ3) is 6.08. The summed E-state index contributed by atoms with van der Waals surface area (Å²) in [6, 6.07) is 10.9. The molecule has 0 unspecified atom stereocenters. The minimum Gasteiger partial charge on any atom is -0.345 e. The number of likely N-dealkylation sites (N-methyl/N-ethyl adjacent to an activating group) is 1. The van der Waals surface area contributed by atoms with Crippen LogP contribution in [0.5, 0.6) is 0 Å². The highest BCUT2D eigenvalue weighted by Crippen LogP contribution is 2.28. The Morgan fingerprint density at radius 2 is 1.65 bits per heavy atom. The van der Waals surface area contributed by atoms with Crippen LogP contribution in [-0.2, 0) is 22.7 Å². The Kier molecular flexibility index (Phi) is 8.41. The standard InChI is InChI=1S/C28H38FN3O2/c1-2-30(28(34)23-9-6-7-10-23)21-27(33)32(25-11-4-3-5-12-25)20-26-13-8-18-31(26)19-22-14-16-24(29)17-15-22/h8,13-18,23,25H,2-7,9-12,19-21H2,1H3. The van der Waals surface area contributed by atoms with E-state index in [1.165, 1.54) is 18.6 Å². The van der Waals surface area contributed by atoms with Crippen molar-refractivity contribution in [2.75, 3.05) is 13.1 Å². The monoisotopic (exact) mass is 467 g/mol. The van der Waals surface area contributed by atoms with Crippen molar-refractivity contribution in [3.8, 4) is 0 Å². The van der Waals surface area contributed by atoms with Gasteiger partial charge in [-0.25, -0.2) is 4.39 Å². The van der Waals surface area contributed by atoms with Crippen molar-refractivity contribution in [3.63, 3.8) is 0 Å². The van der Waals surface area contributed by atoms with Crippen molar-refractivity contribution in [2.45, 2.75) is 83.8 Å². The number of benzene rings is 1. The van der Waals surface area contributed by atoms with Gasteiger partial charge >= 0.3 is 0 Å². The van der Waals surface area contributed by atoms with Gasteiger partial charge < -0.3 is 14.4 Å². The van der Waals surface area contributed by atoms with Crippen molar-refractivity contribution in [3.05, 3.63) is 59.7 Å². The SMILES string of the molecule is CCN(CC(=O)N(Cc1cccn1Cc1ccc(F)cc1)C1CCCCC1)C(=O)C1CCCC1. The minimum atomic E-state index is -0.238. The van der Waals surface area contributed by atoms with Crippen LogP contribution in [0.3, 0.4) is 0 Å². The Morgan fingerprint density at radius 3 is 2.32 bits per heavy atom. The summed E-state index contributed by atoms with van der Waals surface area (Å²) in [5.74, 6) is 0.0493. The van der Waals surface area contributed by atoms with Gasteiger partial charge in [-0.1, -0.05) is 44.2 Å². The second-order valence-electron chi connectivity index (χ2n) is 9.90. The van der Waals surface area contributed by atoms with E-state index < -0.39 is 0 Å². The first kappa shape index (κ1) is 24.5. The van der Waals surface area contributed by atoms with E-state index in [9.17, 15) is 14.0 Å². The highest BCUT2D eigenvalue weighted by atomic mass is 19.1. The molecule has 2 fully saturated rings. The van der Waals surface area contributed by atoms with E-state index in [4.69, 9.17) is 0 Å². The van der Waals surface area contributed by atoms with E-state index in [0.29, 0.717) is 19.6 Å². The predicted molar refractivity (Wildman–Crippen MR) is 132 cm³/mol. The highest BCUT2D eigenvalue weighted by Gasteiger charge is 2.31. The summed E-state index contributed by atoms with van der Waals surface area (Å²) in [5, 5.41) is 0. The number of rotatable bonds is 9. The first-order chi connectivity index (χ1) is 16.5. The number of nitrogens with zero attached hydrogens (tertiary/aromatic N) is 3. The topological polar surface area (TPSA) is 45.6 Å². The molecule has 5 nitrogen and oxygen atoms in total. The van der Waals surface area contributed by atoms with Crippen LogP contribution in [0.25, 0.3) is 0 Å². The molecule has 0 spiro atoms. The third-order valence-electron chi connectivity index (χ3n) is 7.58. The number of halogens is 1. The quantitative estimate of drug-likeness (QED) is 0.497. The van der Waals surface area contributed by atoms with Gasteiger partial charge in [0, 0.05) is 36.9 Å². The van der Waals surface area contributed by atoms with E-state index in [2.05, 4.69) is 10.6 Å². The lowest BCUT2D eigenvalue weighted by Crippen LogP contribution is -2.48. The smallest absolute Gasteiger partial charge is 0.242 e. The fourth-order valence-electron chi connectivity index (χ4n) is 5.55. The molecule has 2 aromatic rings.